The first-order valence-electron chi connectivity index (χ1n) is 6.07. The number of aryl methyl sites for hydroxylation is 2. The fourth-order valence-electron chi connectivity index (χ4n) is 1.71. The van der Waals surface area contributed by atoms with Gasteiger partial charge in [-0.05, 0) is 19.4 Å². The third-order valence-corrected chi connectivity index (χ3v) is 2.91. The molecule has 1 aromatic heterocycles. The average molecular weight is 266 g/mol. The van der Waals surface area contributed by atoms with Gasteiger partial charge in [0, 0.05) is 12.1 Å². The van der Waals surface area contributed by atoms with Crippen molar-refractivity contribution in [2.45, 2.75) is 33.4 Å². The molecular formula is C14H16F2N2O. The van der Waals surface area contributed by atoms with Gasteiger partial charge in [-0.15, -0.1) is 0 Å². The molecule has 3 nitrogen and oxygen atoms in total. The molecule has 0 aliphatic rings. The van der Waals surface area contributed by atoms with E-state index in [1.54, 1.807) is 12.1 Å². The SMILES string of the molecule is Cc1nc(CNCc2ccc(C(F)F)cc2)oc1C. The monoisotopic (exact) mass is 266 g/mol. The van der Waals surface area contributed by atoms with Crippen LogP contribution in [-0.4, -0.2) is 4.98 Å². The predicted molar refractivity (Wildman–Crippen MR) is 67.9 cm³/mol. The molecule has 19 heavy (non-hydrogen) atoms. The Bertz CT molecular complexity index is 515. The third-order valence-electron chi connectivity index (χ3n) is 2.91. The number of nitrogens with zero attached hydrogens (tertiary/aromatic N) is 1. The van der Waals surface area contributed by atoms with Crippen molar-refractivity contribution < 1.29 is 13.2 Å². The van der Waals surface area contributed by atoms with Crippen LogP contribution in [0.25, 0.3) is 0 Å². The molecule has 1 aromatic carbocycles. The van der Waals surface area contributed by atoms with Crippen LogP contribution in [0.4, 0.5) is 8.78 Å². The van der Waals surface area contributed by atoms with Gasteiger partial charge in [0.25, 0.3) is 6.43 Å². The highest BCUT2D eigenvalue weighted by atomic mass is 19.3. The Labute approximate surface area is 110 Å². The van der Waals surface area contributed by atoms with Gasteiger partial charge in [-0.3, -0.25) is 0 Å². The highest BCUT2D eigenvalue weighted by molar-refractivity contribution is 5.23. The lowest BCUT2D eigenvalue weighted by Gasteiger charge is -2.04. The number of nitrogens with one attached hydrogen (secondary N) is 1. The number of alkyl halides is 2. The van der Waals surface area contributed by atoms with E-state index < -0.39 is 6.43 Å². The van der Waals surface area contributed by atoms with E-state index in [4.69, 9.17) is 4.42 Å². The van der Waals surface area contributed by atoms with Gasteiger partial charge in [-0.2, -0.15) is 0 Å². The van der Waals surface area contributed by atoms with E-state index in [1.807, 2.05) is 13.8 Å². The fraction of sp³-hybridized carbons (Fsp3) is 0.357. The van der Waals surface area contributed by atoms with Gasteiger partial charge in [-0.1, -0.05) is 24.3 Å². The summed E-state index contributed by atoms with van der Waals surface area (Å²) >= 11 is 0. The summed E-state index contributed by atoms with van der Waals surface area (Å²) in [5.74, 6) is 1.46. The Morgan fingerprint density at radius 2 is 1.84 bits per heavy atom. The predicted octanol–water partition coefficient (Wildman–Crippen LogP) is 3.52. The highest BCUT2D eigenvalue weighted by Gasteiger charge is 2.07. The van der Waals surface area contributed by atoms with Crippen LogP contribution in [0.5, 0.6) is 0 Å². The molecule has 0 atom stereocenters. The number of hydrogen-bond acceptors (Lipinski definition) is 3. The van der Waals surface area contributed by atoms with Gasteiger partial charge in [0.2, 0.25) is 5.89 Å². The molecular weight excluding hydrogens is 250 g/mol. The molecule has 0 unspecified atom stereocenters. The summed E-state index contributed by atoms with van der Waals surface area (Å²) in [6, 6.07) is 6.28. The lowest BCUT2D eigenvalue weighted by Crippen LogP contribution is -2.12. The van der Waals surface area contributed by atoms with Crippen LogP contribution in [0.2, 0.25) is 0 Å². The average Bonchev–Trinajstić information content (AvgIpc) is 2.69. The van der Waals surface area contributed by atoms with E-state index in [-0.39, 0.29) is 5.56 Å². The van der Waals surface area contributed by atoms with Crippen LogP contribution in [0.15, 0.2) is 28.7 Å². The maximum Gasteiger partial charge on any atom is 0.263 e. The zero-order chi connectivity index (χ0) is 13.8. The molecule has 0 aliphatic heterocycles. The smallest absolute Gasteiger partial charge is 0.263 e. The summed E-state index contributed by atoms with van der Waals surface area (Å²) in [5.41, 5.74) is 1.88. The van der Waals surface area contributed by atoms with Gasteiger partial charge in [0.1, 0.15) is 5.76 Å². The zero-order valence-corrected chi connectivity index (χ0v) is 10.9. The van der Waals surface area contributed by atoms with Crippen molar-refractivity contribution in [3.8, 4) is 0 Å². The first kappa shape index (κ1) is 13.7. The molecule has 0 amide bonds. The summed E-state index contributed by atoms with van der Waals surface area (Å²) in [5, 5.41) is 3.16. The first-order chi connectivity index (χ1) is 9.06. The molecule has 0 aliphatic carbocycles. The number of oxazole rings is 1. The summed E-state index contributed by atoms with van der Waals surface area (Å²) in [4.78, 5) is 4.25. The van der Waals surface area contributed by atoms with Gasteiger partial charge >= 0.3 is 0 Å². The topological polar surface area (TPSA) is 38.1 Å². The lowest BCUT2D eigenvalue weighted by molar-refractivity contribution is 0.151. The van der Waals surface area contributed by atoms with Crippen molar-refractivity contribution in [1.82, 2.24) is 10.3 Å². The molecule has 2 rings (SSSR count). The second-order valence-corrected chi connectivity index (χ2v) is 4.40. The van der Waals surface area contributed by atoms with E-state index in [2.05, 4.69) is 10.3 Å². The van der Waals surface area contributed by atoms with Crippen molar-refractivity contribution in [2.75, 3.05) is 0 Å². The van der Waals surface area contributed by atoms with Crippen molar-refractivity contribution in [1.29, 1.82) is 0 Å². The summed E-state index contributed by atoms with van der Waals surface area (Å²) in [6.07, 6.45) is -2.42. The van der Waals surface area contributed by atoms with Gasteiger partial charge in [0.05, 0.1) is 12.2 Å². The van der Waals surface area contributed by atoms with E-state index in [0.717, 1.165) is 17.0 Å². The van der Waals surface area contributed by atoms with Gasteiger partial charge in [0.15, 0.2) is 0 Å². The highest BCUT2D eigenvalue weighted by Crippen LogP contribution is 2.18. The molecule has 0 saturated carbocycles. The number of hydrogen-bond donors (Lipinski definition) is 1. The van der Waals surface area contributed by atoms with Crippen LogP contribution in [0, 0.1) is 13.8 Å². The standard InChI is InChI=1S/C14H16F2N2O/c1-9-10(2)19-13(18-9)8-17-7-11-3-5-12(6-4-11)14(15)16/h3-6,14,17H,7-8H2,1-2H3. The molecule has 0 saturated heterocycles. The van der Waals surface area contributed by atoms with Crippen molar-refractivity contribution >= 4 is 0 Å². The molecule has 2 aromatic rings. The molecule has 0 bridgehead atoms. The quantitative estimate of drug-likeness (QED) is 0.899. The Hall–Kier alpha value is -1.75. The lowest BCUT2D eigenvalue weighted by atomic mass is 10.1. The van der Waals surface area contributed by atoms with E-state index >= 15 is 0 Å². The first-order valence-corrected chi connectivity index (χ1v) is 6.07. The largest absolute Gasteiger partial charge is 0.444 e. The van der Waals surface area contributed by atoms with Crippen molar-refractivity contribution in [3.05, 3.63) is 52.7 Å². The van der Waals surface area contributed by atoms with Crippen LogP contribution in [0.1, 0.15) is 34.9 Å². The Morgan fingerprint density at radius 1 is 1.16 bits per heavy atom. The number of rotatable bonds is 5. The van der Waals surface area contributed by atoms with Crippen molar-refractivity contribution in [3.63, 3.8) is 0 Å². The molecule has 0 spiro atoms. The summed E-state index contributed by atoms with van der Waals surface area (Å²) in [7, 11) is 0. The van der Waals surface area contributed by atoms with E-state index in [9.17, 15) is 8.78 Å². The Kier molecular flexibility index (Phi) is 4.27. The minimum absolute atomic E-state index is 0.0442. The van der Waals surface area contributed by atoms with Crippen molar-refractivity contribution in [2.24, 2.45) is 0 Å². The number of benzene rings is 1. The Balaban J connectivity index is 1.85. The molecule has 1 heterocycles. The Morgan fingerprint density at radius 3 is 2.37 bits per heavy atom. The molecule has 0 fully saturated rings. The molecule has 102 valence electrons. The van der Waals surface area contributed by atoms with E-state index in [0.29, 0.717) is 19.0 Å². The molecule has 0 radical (unpaired) electrons. The normalized spacial score (nSPS) is 11.2. The van der Waals surface area contributed by atoms with Gasteiger partial charge in [-0.25, -0.2) is 13.8 Å². The minimum atomic E-state index is -2.42. The number of halogens is 2. The second kappa shape index (κ2) is 5.93. The maximum atomic E-state index is 12.4. The molecule has 1 N–H and O–H groups in total. The summed E-state index contributed by atoms with van der Waals surface area (Å²) < 4.78 is 30.2. The third kappa shape index (κ3) is 3.61. The maximum absolute atomic E-state index is 12.4. The van der Waals surface area contributed by atoms with Gasteiger partial charge < -0.3 is 9.73 Å². The zero-order valence-electron chi connectivity index (χ0n) is 10.9. The fourth-order valence-corrected chi connectivity index (χ4v) is 1.71. The number of aromatic nitrogens is 1. The van der Waals surface area contributed by atoms with E-state index in [1.165, 1.54) is 12.1 Å². The van der Waals surface area contributed by atoms with Crippen LogP contribution < -0.4 is 5.32 Å². The second-order valence-electron chi connectivity index (χ2n) is 4.40. The van der Waals surface area contributed by atoms with Crippen LogP contribution >= 0.6 is 0 Å². The van der Waals surface area contributed by atoms with Crippen LogP contribution in [-0.2, 0) is 13.1 Å². The minimum Gasteiger partial charge on any atom is -0.444 e. The molecule has 5 heteroatoms. The van der Waals surface area contributed by atoms with Crippen LogP contribution in [0.3, 0.4) is 0 Å². The summed E-state index contributed by atoms with van der Waals surface area (Å²) in [6.45, 7) is 4.87.